The second-order valence-electron chi connectivity index (χ2n) is 10.0. The van der Waals surface area contributed by atoms with Gasteiger partial charge in [0, 0.05) is 18.7 Å². The molecule has 194 valence electrons. The van der Waals surface area contributed by atoms with Gasteiger partial charge in [-0.3, -0.25) is 0 Å². The molecule has 36 heavy (non-hydrogen) atoms. The third-order valence-corrected chi connectivity index (χ3v) is 7.15. The zero-order valence-corrected chi connectivity index (χ0v) is 21.7. The van der Waals surface area contributed by atoms with Gasteiger partial charge in [-0.15, -0.1) is 0 Å². The number of rotatable bonds is 17. The monoisotopic (exact) mass is 488 g/mol. The van der Waals surface area contributed by atoms with Crippen LogP contribution < -0.4 is 21.3 Å². The highest BCUT2D eigenvalue weighted by Crippen LogP contribution is 2.38. The Kier molecular flexibility index (Phi) is 11.1. The minimum Gasteiger partial charge on any atom is -0.508 e. The smallest absolute Gasteiger partial charge is 0.120 e. The third-order valence-electron chi connectivity index (χ3n) is 7.15. The number of allylic oxidation sites excluding steroid dienone is 4. The van der Waals surface area contributed by atoms with E-state index in [1.807, 2.05) is 18.2 Å². The van der Waals surface area contributed by atoms with Crippen molar-refractivity contribution in [3.63, 3.8) is 0 Å². The average Bonchev–Trinajstić information content (AvgIpc) is 3.27. The standard InChI is InChI=1S/C31H44N4O/c36-31-12-4-2-10-27(31)24-35-20-8-18-33-16-6-5-15-32-17-7-19-34-23-25-13-14-30-28(21-25)22-26-9-1-3-11-29(26)30/h2-4,10-14,21,32-36H,1,5-9,15-20,22-24H2. The number of phenolic OH excluding ortho intramolecular Hbond substituents is 1. The lowest BCUT2D eigenvalue weighted by atomic mass is 9.98. The van der Waals surface area contributed by atoms with Gasteiger partial charge in [0.25, 0.3) is 0 Å². The molecule has 5 N–H and O–H groups in total. The molecule has 2 aromatic rings. The van der Waals surface area contributed by atoms with Crippen molar-refractivity contribution >= 4 is 5.57 Å². The first kappa shape index (κ1) is 26.6. The molecule has 0 heterocycles. The van der Waals surface area contributed by atoms with Crippen LogP contribution in [-0.4, -0.2) is 44.4 Å². The van der Waals surface area contributed by atoms with E-state index in [2.05, 4.69) is 51.6 Å². The molecule has 0 aromatic heterocycles. The van der Waals surface area contributed by atoms with E-state index < -0.39 is 0 Å². The molecule has 0 spiro atoms. The Morgan fingerprint density at radius 3 is 2.19 bits per heavy atom. The summed E-state index contributed by atoms with van der Waals surface area (Å²) in [5.41, 5.74) is 8.47. The third kappa shape index (κ3) is 8.31. The van der Waals surface area contributed by atoms with Crippen LogP contribution in [0.4, 0.5) is 0 Å². The number of fused-ring (bicyclic) bond motifs is 2. The molecule has 0 unspecified atom stereocenters. The molecule has 0 atom stereocenters. The fourth-order valence-electron chi connectivity index (χ4n) is 5.11. The van der Waals surface area contributed by atoms with Crippen LogP contribution in [0.2, 0.25) is 0 Å². The van der Waals surface area contributed by atoms with Gasteiger partial charge in [0.1, 0.15) is 5.75 Å². The van der Waals surface area contributed by atoms with Crippen molar-refractivity contribution in [3.05, 3.63) is 82.4 Å². The topological polar surface area (TPSA) is 68.3 Å². The van der Waals surface area contributed by atoms with Crippen LogP contribution in [0.25, 0.3) is 5.57 Å². The van der Waals surface area contributed by atoms with Gasteiger partial charge in [-0.1, -0.05) is 54.1 Å². The van der Waals surface area contributed by atoms with Crippen LogP contribution in [0, 0.1) is 0 Å². The number of unbranched alkanes of at least 4 members (excludes halogenated alkanes) is 1. The SMILES string of the molecule is Oc1ccccc1CNCCCNCCCCNCCCNCc1ccc2c(c1)CC1=C2C=CCC1. The van der Waals surface area contributed by atoms with Crippen LogP contribution in [0.1, 0.15) is 60.8 Å². The number of para-hydroxylation sites is 1. The predicted octanol–water partition coefficient (Wildman–Crippen LogP) is 4.67. The van der Waals surface area contributed by atoms with Crippen molar-refractivity contribution in [1.82, 2.24) is 21.3 Å². The van der Waals surface area contributed by atoms with Gasteiger partial charge in [0.2, 0.25) is 0 Å². The van der Waals surface area contributed by atoms with Crippen LogP contribution in [0.15, 0.2) is 60.2 Å². The molecule has 5 nitrogen and oxygen atoms in total. The van der Waals surface area contributed by atoms with Crippen molar-refractivity contribution in [1.29, 1.82) is 0 Å². The number of phenols is 1. The zero-order valence-electron chi connectivity index (χ0n) is 21.7. The largest absolute Gasteiger partial charge is 0.508 e. The van der Waals surface area contributed by atoms with Gasteiger partial charge in [-0.2, -0.15) is 0 Å². The molecule has 5 heteroatoms. The number of hydrogen-bond acceptors (Lipinski definition) is 5. The summed E-state index contributed by atoms with van der Waals surface area (Å²) < 4.78 is 0. The average molecular weight is 489 g/mol. The van der Waals surface area contributed by atoms with Crippen LogP contribution >= 0.6 is 0 Å². The molecule has 0 amide bonds. The molecule has 0 fully saturated rings. The minimum atomic E-state index is 0.372. The van der Waals surface area contributed by atoms with E-state index in [1.54, 1.807) is 11.6 Å². The van der Waals surface area contributed by atoms with E-state index in [-0.39, 0.29) is 0 Å². The Morgan fingerprint density at radius 1 is 0.722 bits per heavy atom. The molecule has 2 aromatic carbocycles. The first-order valence-electron chi connectivity index (χ1n) is 13.9. The Hall–Kier alpha value is -2.44. The lowest BCUT2D eigenvalue weighted by Crippen LogP contribution is -2.24. The Balaban J connectivity index is 0.919. The number of nitrogens with one attached hydrogen (secondary N) is 4. The van der Waals surface area contributed by atoms with E-state index in [9.17, 15) is 5.11 Å². The summed E-state index contributed by atoms with van der Waals surface area (Å²) >= 11 is 0. The van der Waals surface area contributed by atoms with Crippen molar-refractivity contribution in [3.8, 4) is 5.75 Å². The van der Waals surface area contributed by atoms with Gasteiger partial charge < -0.3 is 26.4 Å². The van der Waals surface area contributed by atoms with Crippen molar-refractivity contribution < 1.29 is 5.11 Å². The first-order chi connectivity index (χ1) is 17.8. The van der Waals surface area contributed by atoms with Crippen molar-refractivity contribution in [2.24, 2.45) is 0 Å². The summed E-state index contributed by atoms with van der Waals surface area (Å²) in [4.78, 5) is 0. The highest BCUT2D eigenvalue weighted by molar-refractivity contribution is 5.83. The molecule has 0 saturated carbocycles. The molecule has 2 aliphatic carbocycles. The molecular formula is C31H44N4O. The minimum absolute atomic E-state index is 0.372. The van der Waals surface area contributed by atoms with Crippen LogP contribution in [0.5, 0.6) is 5.75 Å². The lowest BCUT2D eigenvalue weighted by Gasteiger charge is -2.09. The highest BCUT2D eigenvalue weighted by atomic mass is 16.3. The van der Waals surface area contributed by atoms with Gasteiger partial charge in [-0.05, 0) is 113 Å². The van der Waals surface area contributed by atoms with Crippen LogP contribution in [0.3, 0.4) is 0 Å². The molecule has 4 rings (SSSR count). The molecule has 0 radical (unpaired) electrons. The van der Waals surface area contributed by atoms with Crippen molar-refractivity contribution in [2.75, 3.05) is 39.3 Å². The Bertz CT molecular complexity index is 1010. The van der Waals surface area contributed by atoms with Crippen LogP contribution in [-0.2, 0) is 19.5 Å². The maximum absolute atomic E-state index is 9.76. The molecule has 0 saturated heterocycles. The van der Waals surface area contributed by atoms with Gasteiger partial charge in [0.15, 0.2) is 0 Å². The first-order valence-corrected chi connectivity index (χ1v) is 13.9. The highest BCUT2D eigenvalue weighted by Gasteiger charge is 2.21. The van der Waals surface area contributed by atoms with Crippen molar-refractivity contribution in [2.45, 2.75) is 58.0 Å². The second-order valence-corrected chi connectivity index (χ2v) is 10.0. The summed E-state index contributed by atoms with van der Waals surface area (Å²) in [5.74, 6) is 0.372. The van der Waals surface area contributed by atoms with Gasteiger partial charge >= 0.3 is 0 Å². The number of aromatic hydroxyl groups is 1. The predicted molar refractivity (Wildman–Crippen MR) is 151 cm³/mol. The molecule has 0 aliphatic heterocycles. The summed E-state index contributed by atoms with van der Waals surface area (Å²) in [6, 6.07) is 14.5. The fourth-order valence-corrected chi connectivity index (χ4v) is 5.11. The van der Waals surface area contributed by atoms with Gasteiger partial charge in [0.05, 0.1) is 0 Å². The van der Waals surface area contributed by atoms with E-state index in [1.165, 1.54) is 47.9 Å². The maximum atomic E-state index is 9.76. The molecule has 2 aliphatic rings. The quantitative estimate of drug-likeness (QED) is 0.209. The number of benzene rings is 2. The maximum Gasteiger partial charge on any atom is 0.120 e. The summed E-state index contributed by atoms with van der Waals surface area (Å²) in [6.45, 7) is 7.99. The zero-order chi connectivity index (χ0) is 24.8. The van der Waals surface area contributed by atoms with E-state index >= 15 is 0 Å². The van der Waals surface area contributed by atoms with E-state index in [4.69, 9.17) is 0 Å². The fraction of sp³-hybridized carbons (Fsp3) is 0.484. The Morgan fingerprint density at radius 2 is 1.42 bits per heavy atom. The molecular weight excluding hydrogens is 444 g/mol. The summed E-state index contributed by atoms with van der Waals surface area (Å²) in [6.07, 6.45) is 12.9. The van der Waals surface area contributed by atoms with E-state index in [0.29, 0.717) is 5.75 Å². The second kappa shape index (κ2) is 15.0. The van der Waals surface area contributed by atoms with Gasteiger partial charge in [-0.25, -0.2) is 0 Å². The normalized spacial score (nSPS) is 14.3. The summed E-state index contributed by atoms with van der Waals surface area (Å²) in [7, 11) is 0. The summed E-state index contributed by atoms with van der Waals surface area (Å²) in [5, 5.41) is 23.9. The molecule has 0 bridgehead atoms. The Labute approximate surface area is 217 Å². The lowest BCUT2D eigenvalue weighted by molar-refractivity contribution is 0.463. The number of hydrogen-bond donors (Lipinski definition) is 5. The van der Waals surface area contributed by atoms with E-state index in [0.717, 1.165) is 77.2 Å².